The van der Waals surface area contributed by atoms with Gasteiger partial charge in [-0.3, -0.25) is 0 Å². The maximum atomic E-state index is 9.64. The third-order valence-electron chi connectivity index (χ3n) is 2.35. The van der Waals surface area contributed by atoms with Crippen LogP contribution in [0.25, 0.3) is 0 Å². The number of aromatic nitrogens is 2. The molecule has 0 amide bonds. The van der Waals surface area contributed by atoms with Crippen LogP contribution in [-0.4, -0.2) is 53.4 Å². The zero-order chi connectivity index (χ0) is 13.1. The van der Waals surface area contributed by atoms with Crippen molar-refractivity contribution in [3.63, 3.8) is 0 Å². The Balaban J connectivity index is 1.89. The molecule has 0 radical (unpaired) electrons. The van der Waals surface area contributed by atoms with Crippen LogP contribution in [0.1, 0.15) is 19.3 Å². The Morgan fingerprint density at radius 2 is 2.33 bits per heavy atom. The number of rotatable bonds is 11. The number of hydrogen-bond donors (Lipinski definition) is 2. The van der Waals surface area contributed by atoms with E-state index in [4.69, 9.17) is 9.47 Å². The first-order valence-corrected chi connectivity index (χ1v) is 6.84. The normalized spacial score (nSPS) is 12.6. The first-order valence-electron chi connectivity index (χ1n) is 6.11. The van der Waals surface area contributed by atoms with Crippen molar-refractivity contribution in [1.29, 1.82) is 0 Å². The summed E-state index contributed by atoms with van der Waals surface area (Å²) >= 11 is 1.09. The van der Waals surface area contributed by atoms with Crippen LogP contribution >= 0.6 is 11.7 Å². The van der Waals surface area contributed by atoms with Crippen molar-refractivity contribution in [2.75, 3.05) is 33.4 Å². The number of nitrogens with one attached hydrogen (secondary N) is 1. The van der Waals surface area contributed by atoms with Gasteiger partial charge in [-0.1, -0.05) is 0 Å². The molecule has 7 heteroatoms. The molecule has 6 nitrogen and oxygen atoms in total. The minimum Gasteiger partial charge on any atom is -0.473 e. The number of ether oxygens (including phenoxy) is 2. The third kappa shape index (κ3) is 7.54. The summed E-state index contributed by atoms with van der Waals surface area (Å²) in [5.74, 6) is 0.471. The summed E-state index contributed by atoms with van der Waals surface area (Å²) in [6.07, 6.45) is 4.33. The Kier molecular flexibility index (Phi) is 8.66. The highest BCUT2D eigenvalue weighted by Crippen LogP contribution is 2.05. The predicted molar refractivity (Wildman–Crippen MR) is 70.0 cm³/mol. The van der Waals surface area contributed by atoms with E-state index in [2.05, 4.69) is 14.1 Å². The lowest BCUT2D eigenvalue weighted by molar-refractivity contribution is 0.104. The highest BCUT2D eigenvalue weighted by atomic mass is 32.1. The van der Waals surface area contributed by atoms with Gasteiger partial charge >= 0.3 is 0 Å². The molecule has 0 bridgehead atoms. The van der Waals surface area contributed by atoms with Gasteiger partial charge in [-0.05, 0) is 25.8 Å². The van der Waals surface area contributed by atoms with Gasteiger partial charge in [0.05, 0.1) is 11.7 Å². The molecule has 1 aromatic rings. The summed E-state index contributed by atoms with van der Waals surface area (Å²) < 4.78 is 17.9. The standard InChI is InChI=1S/C11H21N3O3S/c1-16-6-4-2-3-5-12-7-10(15)9-17-11-8-13-18-14-11/h8,10,12,15H,2-7,9H2,1H3. The van der Waals surface area contributed by atoms with Crippen molar-refractivity contribution in [2.45, 2.75) is 25.4 Å². The number of methoxy groups -OCH3 is 1. The zero-order valence-electron chi connectivity index (χ0n) is 10.7. The molecule has 1 unspecified atom stereocenters. The second kappa shape index (κ2) is 10.2. The molecule has 1 aromatic heterocycles. The lowest BCUT2D eigenvalue weighted by Gasteiger charge is -2.11. The molecule has 1 heterocycles. The second-order valence-corrected chi connectivity index (χ2v) is 4.52. The molecule has 0 aliphatic rings. The van der Waals surface area contributed by atoms with Gasteiger partial charge in [0, 0.05) is 20.3 Å². The van der Waals surface area contributed by atoms with E-state index in [9.17, 15) is 5.11 Å². The van der Waals surface area contributed by atoms with E-state index in [1.54, 1.807) is 13.3 Å². The fraction of sp³-hybridized carbons (Fsp3) is 0.818. The van der Waals surface area contributed by atoms with E-state index >= 15 is 0 Å². The van der Waals surface area contributed by atoms with Gasteiger partial charge in [0.25, 0.3) is 0 Å². The van der Waals surface area contributed by atoms with Crippen molar-refractivity contribution in [3.8, 4) is 5.88 Å². The van der Waals surface area contributed by atoms with Crippen molar-refractivity contribution in [3.05, 3.63) is 6.20 Å². The molecule has 0 aromatic carbocycles. The molecule has 2 N–H and O–H groups in total. The van der Waals surface area contributed by atoms with Gasteiger partial charge in [-0.2, -0.15) is 4.37 Å². The Bertz CT molecular complexity index is 285. The van der Waals surface area contributed by atoms with Gasteiger partial charge in [0.1, 0.15) is 18.9 Å². The maximum Gasteiger partial charge on any atom is 0.245 e. The van der Waals surface area contributed by atoms with E-state index in [1.807, 2.05) is 0 Å². The van der Waals surface area contributed by atoms with Crippen LogP contribution in [0.2, 0.25) is 0 Å². The van der Waals surface area contributed by atoms with Crippen LogP contribution in [0.5, 0.6) is 5.88 Å². The fourth-order valence-corrected chi connectivity index (χ4v) is 1.77. The van der Waals surface area contributed by atoms with E-state index < -0.39 is 6.10 Å². The second-order valence-electron chi connectivity index (χ2n) is 3.97. The molecule has 1 atom stereocenters. The maximum absolute atomic E-state index is 9.64. The van der Waals surface area contributed by atoms with Crippen LogP contribution in [0.4, 0.5) is 0 Å². The largest absolute Gasteiger partial charge is 0.473 e. The van der Waals surface area contributed by atoms with Crippen molar-refractivity contribution >= 4 is 11.7 Å². The van der Waals surface area contributed by atoms with E-state index in [0.717, 1.165) is 44.1 Å². The highest BCUT2D eigenvalue weighted by molar-refractivity contribution is 6.99. The van der Waals surface area contributed by atoms with Crippen molar-refractivity contribution < 1.29 is 14.6 Å². The number of nitrogens with zero attached hydrogens (tertiary/aromatic N) is 2. The lowest BCUT2D eigenvalue weighted by atomic mass is 10.2. The summed E-state index contributed by atoms with van der Waals surface area (Å²) in [7, 11) is 1.71. The summed E-state index contributed by atoms with van der Waals surface area (Å²) in [6, 6.07) is 0. The average molecular weight is 275 g/mol. The first-order chi connectivity index (χ1) is 8.83. The molecule has 0 aliphatic heterocycles. The van der Waals surface area contributed by atoms with Crippen LogP contribution < -0.4 is 10.1 Å². The van der Waals surface area contributed by atoms with E-state index in [-0.39, 0.29) is 6.61 Å². The molecule has 0 saturated heterocycles. The summed E-state index contributed by atoms with van der Waals surface area (Å²) in [5.41, 5.74) is 0. The Morgan fingerprint density at radius 3 is 3.06 bits per heavy atom. The Hall–Kier alpha value is -0.760. The Morgan fingerprint density at radius 1 is 1.44 bits per heavy atom. The molecule has 0 saturated carbocycles. The molecule has 0 fully saturated rings. The topological polar surface area (TPSA) is 76.5 Å². The summed E-state index contributed by atoms with van der Waals surface area (Å²) in [5, 5.41) is 12.8. The van der Waals surface area contributed by atoms with E-state index in [0.29, 0.717) is 12.4 Å². The zero-order valence-corrected chi connectivity index (χ0v) is 11.5. The number of aliphatic hydroxyl groups excluding tert-OH is 1. The number of hydrogen-bond acceptors (Lipinski definition) is 7. The third-order valence-corrected chi connectivity index (χ3v) is 2.81. The molecule has 0 spiro atoms. The first kappa shape index (κ1) is 15.3. The van der Waals surface area contributed by atoms with E-state index in [1.165, 1.54) is 0 Å². The smallest absolute Gasteiger partial charge is 0.245 e. The van der Waals surface area contributed by atoms with Crippen molar-refractivity contribution in [1.82, 2.24) is 14.1 Å². The summed E-state index contributed by atoms with van der Waals surface area (Å²) in [6.45, 7) is 2.49. The molecule has 1 rings (SSSR count). The van der Waals surface area contributed by atoms with Gasteiger partial charge in [0.15, 0.2) is 0 Å². The van der Waals surface area contributed by atoms with Gasteiger partial charge < -0.3 is 19.9 Å². The quantitative estimate of drug-likeness (QED) is 0.579. The van der Waals surface area contributed by atoms with Gasteiger partial charge in [-0.25, -0.2) is 0 Å². The highest BCUT2D eigenvalue weighted by Gasteiger charge is 2.05. The molecular weight excluding hydrogens is 254 g/mol. The summed E-state index contributed by atoms with van der Waals surface area (Å²) in [4.78, 5) is 0. The number of unbranched alkanes of at least 4 members (excludes halogenated alkanes) is 2. The van der Waals surface area contributed by atoms with Crippen LogP contribution in [-0.2, 0) is 4.74 Å². The monoisotopic (exact) mass is 275 g/mol. The molecule has 0 aliphatic carbocycles. The van der Waals surface area contributed by atoms with Gasteiger partial charge in [0.2, 0.25) is 5.88 Å². The minimum atomic E-state index is -0.523. The van der Waals surface area contributed by atoms with Crippen molar-refractivity contribution in [2.24, 2.45) is 0 Å². The lowest BCUT2D eigenvalue weighted by Crippen LogP contribution is -2.32. The minimum absolute atomic E-state index is 0.238. The predicted octanol–water partition coefficient (Wildman–Crippen LogP) is 0.684. The van der Waals surface area contributed by atoms with Gasteiger partial charge in [-0.15, -0.1) is 4.37 Å². The molecular formula is C11H21N3O3S. The fourth-order valence-electron chi connectivity index (χ4n) is 1.40. The number of aliphatic hydroxyl groups is 1. The SMILES string of the molecule is COCCCCCNCC(O)COc1cnsn1. The van der Waals surface area contributed by atoms with Crippen LogP contribution in [0.3, 0.4) is 0 Å². The average Bonchev–Trinajstić information content (AvgIpc) is 2.88. The van der Waals surface area contributed by atoms with Crippen LogP contribution in [0.15, 0.2) is 6.20 Å². The van der Waals surface area contributed by atoms with Crippen LogP contribution in [0, 0.1) is 0 Å². The molecule has 104 valence electrons. The Labute approximate surface area is 112 Å². The molecule has 18 heavy (non-hydrogen) atoms.